The van der Waals surface area contributed by atoms with Crippen LogP contribution < -0.4 is 5.19 Å². The highest BCUT2D eigenvalue weighted by Crippen LogP contribution is 2.22. The van der Waals surface area contributed by atoms with Gasteiger partial charge < -0.3 is 4.74 Å². The van der Waals surface area contributed by atoms with E-state index in [0.717, 1.165) is 16.5 Å². The molecule has 0 aliphatic heterocycles. The van der Waals surface area contributed by atoms with Crippen LogP contribution in [0.4, 0.5) is 4.79 Å². The number of rotatable bonds is 1. The smallest absolute Gasteiger partial charge is 0.418 e. The molecule has 2 aromatic rings. The third-order valence-electron chi connectivity index (χ3n) is 3.46. The van der Waals surface area contributed by atoms with E-state index in [2.05, 4.69) is 31.8 Å². The molecule has 0 spiro atoms. The van der Waals surface area contributed by atoms with Crippen molar-refractivity contribution in [2.45, 2.75) is 52.9 Å². The van der Waals surface area contributed by atoms with Gasteiger partial charge in [-0.1, -0.05) is 37.0 Å². The quantitative estimate of drug-likeness (QED) is 0.736. The zero-order valence-electron chi connectivity index (χ0n) is 14.1. The Bertz CT molecular complexity index is 687. The first-order valence-corrected chi connectivity index (χ1v) is 10.8. The second-order valence-corrected chi connectivity index (χ2v) is 12.7. The van der Waals surface area contributed by atoms with Crippen molar-refractivity contribution in [1.82, 2.24) is 4.57 Å². The van der Waals surface area contributed by atoms with Crippen LogP contribution in [0.3, 0.4) is 0 Å². The zero-order chi connectivity index (χ0) is 16.0. The molecule has 0 N–H and O–H groups in total. The fourth-order valence-electron chi connectivity index (χ4n) is 2.32. The van der Waals surface area contributed by atoms with E-state index >= 15 is 0 Å². The molecule has 114 valence electrons. The van der Waals surface area contributed by atoms with Gasteiger partial charge >= 0.3 is 6.09 Å². The van der Waals surface area contributed by atoms with Gasteiger partial charge in [0.15, 0.2) is 0 Å². The van der Waals surface area contributed by atoms with Crippen LogP contribution in [0.25, 0.3) is 10.9 Å². The van der Waals surface area contributed by atoms with Gasteiger partial charge in [-0.25, -0.2) is 4.79 Å². The van der Waals surface area contributed by atoms with E-state index < -0.39 is 13.7 Å². The largest absolute Gasteiger partial charge is 0.443 e. The molecule has 2 rings (SSSR count). The summed E-state index contributed by atoms with van der Waals surface area (Å²) in [7, 11) is -1.36. The van der Waals surface area contributed by atoms with Crippen molar-refractivity contribution in [3.63, 3.8) is 0 Å². The van der Waals surface area contributed by atoms with Crippen LogP contribution in [0.2, 0.25) is 19.6 Å². The third kappa shape index (κ3) is 3.38. The van der Waals surface area contributed by atoms with Crippen LogP contribution in [0.5, 0.6) is 0 Å². The van der Waals surface area contributed by atoms with Gasteiger partial charge in [0.1, 0.15) is 5.60 Å². The van der Waals surface area contributed by atoms with Crippen molar-refractivity contribution < 1.29 is 9.53 Å². The normalized spacial score (nSPS) is 12.7. The Hall–Kier alpha value is -1.55. The van der Waals surface area contributed by atoms with Gasteiger partial charge in [-0.2, -0.15) is 0 Å². The molecule has 1 aromatic carbocycles. The standard InChI is InChI=1S/C17H25NO2Si/c1-12-11-18(16(19)20-17(2,3)4)15-9-8-13(10-14(12)15)21(5,6)7/h8-11H,1-7H3. The van der Waals surface area contributed by atoms with Gasteiger partial charge in [0.2, 0.25) is 0 Å². The molecule has 0 saturated heterocycles. The Morgan fingerprint density at radius 1 is 1.19 bits per heavy atom. The number of benzene rings is 1. The number of nitrogens with zero attached hydrogens (tertiary/aromatic N) is 1. The Labute approximate surface area is 127 Å². The van der Waals surface area contributed by atoms with Crippen molar-refractivity contribution in [2.24, 2.45) is 0 Å². The molecule has 0 aliphatic rings. The number of ether oxygens (including phenoxy) is 1. The van der Waals surface area contributed by atoms with Crippen LogP contribution in [-0.2, 0) is 4.74 Å². The second-order valence-electron chi connectivity index (χ2n) is 7.64. The van der Waals surface area contributed by atoms with Gasteiger partial charge in [0.05, 0.1) is 13.6 Å². The van der Waals surface area contributed by atoms with E-state index in [1.807, 2.05) is 40.0 Å². The van der Waals surface area contributed by atoms with Gasteiger partial charge in [0.25, 0.3) is 0 Å². The molecule has 4 heteroatoms. The van der Waals surface area contributed by atoms with Crippen LogP contribution in [-0.4, -0.2) is 24.3 Å². The minimum Gasteiger partial charge on any atom is -0.443 e. The molecule has 0 bridgehead atoms. The average molecular weight is 303 g/mol. The predicted octanol–water partition coefficient (Wildman–Crippen LogP) is 4.28. The first-order chi connectivity index (χ1) is 9.49. The zero-order valence-corrected chi connectivity index (χ0v) is 15.1. The predicted molar refractivity (Wildman–Crippen MR) is 91.3 cm³/mol. The first-order valence-electron chi connectivity index (χ1n) is 7.34. The molecule has 21 heavy (non-hydrogen) atoms. The highest BCUT2D eigenvalue weighted by atomic mass is 28.3. The van der Waals surface area contributed by atoms with Crippen LogP contribution in [0, 0.1) is 6.92 Å². The summed E-state index contributed by atoms with van der Waals surface area (Å²) in [6, 6.07) is 6.42. The molecular weight excluding hydrogens is 278 g/mol. The van der Waals surface area contributed by atoms with Crippen LogP contribution in [0.1, 0.15) is 26.3 Å². The summed E-state index contributed by atoms with van der Waals surface area (Å²) in [4.78, 5) is 12.3. The molecule has 1 aromatic heterocycles. The highest BCUT2D eigenvalue weighted by molar-refractivity contribution is 6.88. The van der Waals surface area contributed by atoms with E-state index in [1.54, 1.807) is 4.57 Å². The summed E-state index contributed by atoms with van der Waals surface area (Å²) in [6.07, 6.45) is 1.55. The van der Waals surface area contributed by atoms with Crippen molar-refractivity contribution in [1.29, 1.82) is 0 Å². The van der Waals surface area contributed by atoms with E-state index in [9.17, 15) is 4.79 Å². The van der Waals surface area contributed by atoms with E-state index in [4.69, 9.17) is 4.74 Å². The SMILES string of the molecule is Cc1cn(C(=O)OC(C)(C)C)c2ccc([Si](C)(C)C)cc12. The number of hydrogen-bond donors (Lipinski definition) is 0. The average Bonchev–Trinajstić information content (AvgIpc) is 2.63. The third-order valence-corrected chi connectivity index (χ3v) is 5.50. The Balaban J connectivity index is 2.52. The van der Waals surface area contributed by atoms with Crippen LogP contribution >= 0.6 is 0 Å². The molecule has 0 amide bonds. The number of aryl methyl sites for hydroxylation is 1. The maximum Gasteiger partial charge on any atom is 0.418 e. The topological polar surface area (TPSA) is 31.2 Å². The summed E-state index contributed by atoms with van der Waals surface area (Å²) in [6.45, 7) is 14.7. The maximum absolute atomic E-state index is 12.3. The number of fused-ring (bicyclic) bond motifs is 1. The van der Waals surface area contributed by atoms with Crippen molar-refractivity contribution in [3.05, 3.63) is 30.0 Å². The minimum absolute atomic E-state index is 0.318. The number of hydrogen-bond acceptors (Lipinski definition) is 2. The lowest BCUT2D eigenvalue weighted by molar-refractivity contribution is 0.0544. The molecule has 0 fully saturated rings. The molecular formula is C17H25NO2Si. The highest BCUT2D eigenvalue weighted by Gasteiger charge is 2.22. The maximum atomic E-state index is 12.3. The van der Waals surface area contributed by atoms with Crippen LogP contribution in [0.15, 0.2) is 24.4 Å². The van der Waals surface area contributed by atoms with Crippen molar-refractivity contribution in [3.8, 4) is 0 Å². The van der Waals surface area contributed by atoms with Crippen molar-refractivity contribution in [2.75, 3.05) is 0 Å². The molecule has 0 aliphatic carbocycles. The number of carbonyl (C=O) groups is 1. The van der Waals surface area contributed by atoms with E-state index in [0.29, 0.717) is 0 Å². The molecule has 0 radical (unpaired) electrons. The summed E-state index contributed by atoms with van der Waals surface area (Å²) in [5, 5.41) is 2.54. The van der Waals surface area contributed by atoms with E-state index in [-0.39, 0.29) is 6.09 Å². The van der Waals surface area contributed by atoms with Crippen molar-refractivity contribution >= 4 is 30.3 Å². The fraction of sp³-hybridized carbons (Fsp3) is 0.471. The first kappa shape index (κ1) is 15.8. The molecule has 1 heterocycles. The van der Waals surface area contributed by atoms with Gasteiger partial charge in [-0.3, -0.25) is 4.57 Å². The number of aromatic nitrogens is 1. The molecule has 0 unspecified atom stereocenters. The summed E-state index contributed by atoms with van der Waals surface area (Å²) >= 11 is 0. The lowest BCUT2D eigenvalue weighted by atomic mass is 10.2. The summed E-state index contributed by atoms with van der Waals surface area (Å²) < 4.78 is 7.09. The van der Waals surface area contributed by atoms with E-state index in [1.165, 1.54) is 5.19 Å². The molecule has 3 nitrogen and oxygen atoms in total. The Kier molecular flexibility index (Phi) is 3.78. The lowest BCUT2D eigenvalue weighted by Gasteiger charge is -2.20. The molecule has 0 saturated carbocycles. The van der Waals surface area contributed by atoms with Gasteiger partial charge in [-0.15, -0.1) is 0 Å². The van der Waals surface area contributed by atoms with Gasteiger partial charge in [0, 0.05) is 11.6 Å². The monoisotopic (exact) mass is 303 g/mol. The fourth-order valence-corrected chi connectivity index (χ4v) is 3.48. The Morgan fingerprint density at radius 3 is 2.33 bits per heavy atom. The summed E-state index contributed by atoms with van der Waals surface area (Å²) in [5.41, 5.74) is 1.54. The number of carbonyl (C=O) groups excluding carboxylic acids is 1. The second kappa shape index (κ2) is 5.02. The van der Waals surface area contributed by atoms with Gasteiger partial charge in [-0.05, 0) is 39.3 Å². The minimum atomic E-state index is -1.36. The lowest BCUT2D eigenvalue weighted by Crippen LogP contribution is -2.37. The molecule has 0 atom stereocenters. The Morgan fingerprint density at radius 2 is 1.81 bits per heavy atom. The summed E-state index contributed by atoms with van der Waals surface area (Å²) in [5.74, 6) is 0.